The maximum absolute atomic E-state index is 12.7. The summed E-state index contributed by atoms with van der Waals surface area (Å²) in [5.74, 6) is 1.25. The molecule has 1 aliphatic rings. The van der Waals surface area contributed by atoms with Gasteiger partial charge in [-0.2, -0.15) is 0 Å². The Morgan fingerprint density at radius 3 is 2.73 bits per heavy atom. The highest BCUT2D eigenvalue weighted by Gasteiger charge is 2.22. The third kappa shape index (κ3) is 2.04. The Kier molecular flexibility index (Phi) is 3.05. The van der Waals surface area contributed by atoms with Crippen LogP contribution in [0.25, 0.3) is 22.3 Å². The van der Waals surface area contributed by atoms with E-state index in [1.165, 1.54) is 0 Å². The van der Waals surface area contributed by atoms with Crippen LogP contribution in [-0.2, 0) is 0 Å². The molecule has 22 heavy (non-hydrogen) atoms. The third-order valence-electron chi connectivity index (χ3n) is 3.53. The van der Waals surface area contributed by atoms with Gasteiger partial charge in [-0.25, -0.2) is 0 Å². The highest BCUT2D eigenvalue weighted by molar-refractivity contribution is 6.31. The van der Waals surface area contributed by atoms with Gasteiger partial charge in [0, 0.05) is 5.02 Å². The van der Waals surface area contributed by atoms with Crippen LogP contribution >= 0.6 is 11.6 Å². The average molecular weight is 315 g/mol. The van der Waals surface area contributed by atoms with E-state index >= 15 is 0 Å². The largest absolute Gasteiger partial charge is 0.489 e. The van der Waals surface area contributed by atoms with Crippen LogP contribution in [0.4, 0.5) is 0 Å². The van der Waals surface area contributed by atoms with Crippen molar-refractivity contribution in [2.45, 2.75) is 0 Å². The van der Waals surface area contributed by atoms with E-state index in [0.717, 1.165) is 0 Å². The molecule has 0 unspecified atom stereocenters. The molecule has 0 N–H and O–H groups in total. The Morgan fingerprint density at radius 2 is 1.82 bits per heavy atom. The quantitative estimate of drug-likeness (QED) is 0.631. The molecule has 0 amide bonds. The number of rotatable bonds is 0. The average Bonchev–Trinajstić information content (AvgIpc) is 2.52. The predicted octanol–water partition coefficient (Wildman–Crippen LogP) is 3.88. The van der Waals surface area contributed by atoms with Gasteiger partial charge in [-0.15, -0.1) is 0 Å². The Bertz CT molecular complexity index is 930. The van der Waals surface area contributed by atoms with Gasteiger partial charge in [-0.1, -0.05) is 23.7 Å². The maximum atomic E-state index is 12.7. The summed E-state index contributed by atoms with van der Waals surface area (Å²) in [6.07, 6.45) is 0. The molecular weight excluding hydrogens is 304 g/mol. The molecule has 2 heterocycles. The molecular formula is C17H11ClO4. The van der Waals surface area contributed by atoms with Gasteiger partial charge in [-0.05, 0) is 30.3 Å². The van der Waals surface area contributed by atoms with Crippen molar-refractivity contribution in [1.82, 2.24) is 0 Å². The van der Waals surface area contributed by atoms with E-state index in [2.05, 4.69) is 0 Å². The summed E-state index contributed by atoms with van der Waals surface area (Å²) in [5, 5.41) is 0.888. The van der Waals surface area contributed by atoms with Crippen molar-refractivity contribution in [1.29, 1.82) is 0 Å². The second-order valence-electron chi connectivity index (χ2n) is 4.92. The smallest absolute Gasteiger partial charge is 0.235 e. The minimum absolute atomic E-state index is 0.200. The van der Waals surface area contributed by atoms with Crippen molar-refractivity contribution in [3.8, 4) is 22.8 Å². The molecule has 0 bridgehead atoms. The molecule has 2 aromatic carbocycles. The minimum Gasteiger partial charge on any atom is -0.489 e. The summed E-state index contributed by atoms with van der Waals surface area (Å²) in [5.41, 5.74) is 0.939. The Morgan fingerprint density at radius 1 is 1.00 bits per heavy atom. The summed E-state index contributed by atoms with van der Waals surface area (Å²) in [6.45, 7) is 0.641. The monoisotopic (exact) mass is 314 g/mol. The van der Waals surface area contributed by atoms with Crippen molar-refractivity contribution < 1.29 is 13.9 Å². The summed E-state index contributed by atoms with van der Waals surface area (Å²) >= 11 is 5.97. The number of ether oxygens (including phenoxy) is 2. The first-order chi connectivity index (χ1) is 10.7. The number of hydrogen-bond acceptors (Lipinski definition) is 4. The molecule has 4 rings (SSSR count). The lowest BCUT2D eigenvalue weighted by atomic mass is 10.1. The fourth-order valence-corrected chi connectivity index (χ4v) is 2.71. The van der Waals surface area contributed by atoms with Crippen molar-refractivity contribution in [3.05, 3.63) is 57.7 Å². The van der Waals surface area contributed by atoms with E-state index < -0.39 is 0 Å². The summed E-state index contributed by atoms with van der Waals surface area (Å²) in [7, 11) is 0. The number of benzene rings is 2. The maximum Gasteiger partial charge on any atom is 0.235 e. The molecule has 1 aromatic heterocycles. The van der Waals surface area contributed by atoms with Crippen LogP contribution in [-0.4, -0.2) is 13.2 Å². The summed E-state index contributed by atoms with van der Waals surface area (Å²) in [4.78, 5) is 12.7. The van der Waals surface area contributed by atoms with Crippen LogP contribution in [0.15, 0.2) is 51.7 Å². The fourth-order valence-electron chi connectivity index (χ4n) is 2.53. The number of fused-ring (bicyclic) bond motifs is 4. The summed E-state index contributed by atoms with van der Waals surface area (Å²) in [6, 6.07) is 12.4. The van der Waals surface area contributed by atoms with Gasteiger partial charge >= 0.3 is 0 Å². The van der Waals surface area contributed by atoms with Crippen LogP contribution in [0.3, 0.4) is 0 Å². The topological polar surface area (TPSA) is 48.7 Å². The highest BCUT2D eigenvalue weighted by Crippen LogP contribution is 2.37. The second-order valence-corrected chi connectivity index (χ2v) is 5.36. The zero-order valence-corrected chi connectivity index (χ0v) is 12.2. The lowest BCUT2D eigenvalue weighted by molar-refractivity contribution is 0.209. The van der Waals surface area contributed by atoms with Crippen molar-refractivity contribution in [2.24, 2.45) is 0 Å². The van der Waals surface area contributed by atoms with E-state index in [1.807, 2.05) is 24.3 Å². The second kappa shape index (κ2) is 5.07. The predicted molar refractivity (Wildman–Crippen MR) is 83.9 cm³/mol. The molecule has 0 radical (unpaired) electrons. The number of hydrogen-bond donors (Lipinski definition) is 0. The molecule has 5 heteroatoms. The molecule has 0 saturated carbocycles. The van der Waals surface area contributed by atoms with Gasteiger partial charge in [0.25, 0.3) is 0 Å². The molecule has 1 aliphatic heterocycles. The van der Waals surface area contributed by atoms with Gasteiger partial charge in [0.05, 0.1) is 10.9 Å². The van der Waals surface area contributed by atoms with Crippen molar-refractivity contribution >= 4 is 22.6 Å². The van der Waals surface area contributed by atoms with Crippen LogP contribution in [0.2, 0.25) is 5.02 Å². The van der Waals surface area contributed by atoms with Crippen LogP contribution < -0.4 is 14.9 Å². The molecule has 0 fully saturated rings. The first-order valence-electron chi connectivity index (χ1n) is 6.85. The number of halogens is 1. The van der Waals surface area contributed by atoms with E-state index in [9.17, 15) is 4.79 Å². The lowest BCUT2D eigenvalue weighted by Gasteiger charge is -2.18. The van der Waals surface area contributed by atoms with Crippen LogP contribution in [0.1, 0.15) is 0 Å². The molecule has 0 aliphatic carbocycles. The van der Waals surface area contributed by atoms with Gasteiger partial charge in [0.2, 0.25) is 11.2 Å². The molecule has 110 valence electrons. The van der Waals surface area contributed by atoms with Crippen molar-refractivity contribution in [3.63, 3.8) is 0 Å². The normalized spacial score (nSPS) is 13.3. The van der Waals surface area contributed by atoms with E-state index in [-0.39, 0.29) is 17.8 Å². The molecule has 3 aromatic rings. The first-order valence-corrected chi connectivity index (χ1v) is 7.23. The fraction of sp³-hybridized carbons (Fsp3) is 0.118. The Hall–Kier alpha value is -2.46. The molecule has 0 atom stereocenters. The zero-order chi connectivity index (χ0) is 15.1. The van der Waals surface area contributed by atoms with Crippen LogP contribution in [0, 0.1) is 0 Å². The Balaban J connectivity index is 2.10. The highest BCUT2D eigenvalue weighted by atomic mass is 35.5. The Labute approximate surface area is 130 Å². The van der Waals surface area contributed by atoms with Gasteiger partial charge in [-0.3, -0.25) is 4.79 Å². The van der Waals surface area contributed by atoms with Crippen molar-refractivity contribution in [2.75, 3.05) is 13.2 Å². The SMILES string of the molecule is O=c1c2c(oc3ccc(Cl)cc13)-c1ccccc1OCCO2. The third-order valence-corrected chi connectivity index (χ3v) is 3.76. The van der Waals surface area contributed by atoms with Gasteiger partial charge in [0.1, 0.15) is 24.5 Å². The van der Waals surface area contributed by atoms with Crippen LogP contribution in [0.5, 0.6) is 11.5 Å². The zero-order valence-electron chi connectivity index (χ0n) is 11.5. The molecule has 0 spiro atoms. The standard InChI is InChI=1S/C17H11ClO4/c18-10-5-6-14-12(9-10)15(19)17-16(22-14)11-3-1-2-4-13(11)20-7-8-21-17/h1-6,9H,7-8H2. The summed E-state index contributed by atoms with van der Waals surface area (Å²) < 4.78 is 17.2. The number of para-hydroxylation sites is 1. The molecule has 0 saturated heterocycles. The molecule has 4 nitrogen and oxygen atoms in total. The van der Waals surface area contributed by atoms with Gasteiger partial charge < -0.3 is 13.9 Å². The van der Waals surface area contributed by atoms with E-state index in [1.54, 1.807) is 18.2 Å². The van der Waals surface area contributed by atoms with E-state index in [0.29, 0.717) is 39.7 Å². The van der Waals surface area contributed by atoms with Gasteiger partial charge in [0.15, 0.2) is 5.76 Å². The lowest BCUT2D eigenvalue weighted by Crippen LogP contribution is -2.17. The van der Waals surface area contributed by atoms with E-state index in [4.69, 9.17) is 25.5 Å². The minimum atomic E-state index is -0.226. The first kappa shape index (κ1) is 13.2.